The van der Waals surface area contributed by atoms with Crippen molar-refractivity contribution in [2.24, 2.45) is 5.92 Å². The number of Topliss-reactive ketones (excluding diaryl/α,β-unsaturated/α-hetero) is 1. The molecule has 3 aliphatic heterocycles. The van der Waals surface area contributed by atoms with Crippen LogP contribution in [0.3, 0.4) is 0 Å². The third-order valence-electron chi connectivity index (χ3n) is 4.21. The first-order chi connectivity index (χ1) is 8.29. The summed E-state index contributed by atoms with van der Waals surface area (Å²) in [7, 11) is 0. The normalized spacial score (nSPS) is 42.1. The summed E-state index contributed by atoms with van der Waals surface area (Å²) in [5, 5.41) is 0. The molecule has 3 aliphatic rings. The highest BCUT2D eigenvalue weighted by Gasteiger charge is 2.44. The first-order valence-electron chi connectivity index (χ1n) is 6.66. The maximum atomic E-state index is 12.3. The predicted octanol–water partition coefficient (Wildman–Crippen LogP) is 1.32. The van der Waals surface area contributed by atoms with Crippen molar-refractivity contribution in [3.8, 4) is 0 Å². The highest BCUT2D eigenvalue weighted by atomic mass is 16.6. The molecule has 0 aromatic heterocycles. The Morgan fingerprint density at radius 3 is 2.82 bits per heavy atom. The van der Waals surface area contributed by atoms with E-state index >= 15 is 0 Å². The Balaban J connectivity index is 1.64. The van der Waals surface area contributed by atoms with E-state index < -0.39 is 0 Å². The maximum Gasteiger partial charge on any atom is 0.164 e. The van der Waals surface area contributed by atoms with Crippen molar-refractivity contribution in [1.29, 1.82) is 0 Å². The van der Waals surface area contributed by atoms with E-state index in [4.69, 9.17) is 14.2 Å². The fourth-order valence-electron chi connectivity index (χ4n) is 3.20. The van der Waals surface area contributed by atoms with Crippen molar-refractivity contribution >= 4 is 5.78 Å². The smallest absolute Gasteiger partial charge is 0.164 e. The minimum Gasteiger partial charge on any atom is -0.378 e. The molecule has 17 heavy (non-hydrogen) atoms. The molecule has 0 aromatic carbocycles. The number of carbonyl (C=O) groups excluding carboxylic acids is 1. The summed E-state index contributed by atoms with van der Waals surface area (Å²) in [6.45, 7) is 2.85. The van der Waals surface area contributed by atoms with E-state index in [9.17, 15) is 4.79 Å². The van der Waals surface area contributed by atoms with Crippen molar-refractivity contribution in [3.05, 3.63) is 0 Å². The summed E-state index contributed by atoms with van der Waals surface area (Å²) in [4.78, 5) is 12.3. The molecule has 0 aromatic rings. The van der Waals surface area contributed by atoms with Gasteiger partial charge in [0.05, 0.1) is 12.2 Å². The number of hydrogen-bond donors (Lipinski definition) is 0. The number of ketones is 1. The second-order valence-electron chi connectivity index (χ2n) is 5.43. The zero-order valence-corrected chi connectivity index (χ0v) is 10.2. The van der Waals surface area contributed by atoms with Gasteiger partial charge in [-0.25, -0.2) is 0 Å². The largest absolute Gasteiger partial charge is 0.378 e. The van der Waals surface area contributed by atoms with Gasteiger partial charge in [-0.15, -0.1) is 0 Å². The molecule has 3 unspecified atom stereocenters. The highest BCUT2D eigenvalue weighted by Crippen LogP contribution is 2.37. The van der Waals surface area contributed by atoms with Crippen molar-refractivity contribution < 1.29 is 19.0 Å². The van der Waals surface area contributed by atoms with Gasteiger partial charge in [-0.3, -0.25) is 4.79 Å². The highest BCUT2D eigenvalue weighted by molar-refractivity contribution is 5.85. The van der Waals surface area contributed by atoms with Crippen LogP contribution in [0.4, 0.5) is 0 Å². The monoisotopic (exact) mass is 240 g/mol. The molecule has 3 heterocycles. The lowest BCUT2D eigenvalue weighted by molar-refractivity contribution is -0.145. The topological polar surface area (TPSA) is 44.8 Å². The van der Waals surface area contributed by atoms with Crippen LogP contribution in [0.2, 0.25) is 0 Å². The quantitative estimate of drug-likeness (QED) is 0.730. The maximum absolute atomic E-state index is 12.3. The van der Waals surface area contributed by atoms with E-state index in [1.54, 1.807) is 0 Å². The van der Waals surface area contributed by atoms with Crippen LogP contribution in [0.5, 0.6) is 0 Å². The second-order valence-corrected chi connectivity index (χ2v) is 5.43. The molecule has 0 N–H and O–H groups in total. The van der Waals surface area contributed by atoms with Gasteiger partial charge in [-0.05, 0) is 25.7 Å². The third-order valence-corrected chi connectivity index (χ3v) is 4.21. The Morgan fingerprint density at radius 2 is 2.12 bits per heavy atom. The zero-order chi connectivity index (χ0) is 11.7. The molecule has 96 valence electrons. The molecule has 0 amide bonds. The van der Waals surface area contributed by atoms with Crippen molar-refractivity contribution in [2.75, 3.05) is 26.4 Å². The standard InChI is InChI=1S/C13H20O4/c14-12(11-2-1-5-16-11)10-3-6-17-13(8-10)4-7-15-9-13/h10-11H,1-9H2. The van der Waals surface area contributed by atoms with Crippen LogP contribution in [0.15, 0.2) is 0 Å². The molecule has 3 atom stereocenters. The lowest BCUT2D eigenvalue weighted by atomic mass is 9.81. The van der Waals surface area contributed by atoms with Gasteiger partial charge in [0.15, 0.2) is 5.78 Å². The average molecular weight is 240 g/mol. The van der Waals surface area contributed by atoms with Crippen LogP contribution in [-0.4, -0.2) is 43.9 Å². The second kappa shape index (κ2) is 4.67. The third kappa shape index (κ3) is 2.26. The molecule has 3 saturated heterocycles. The molecular formula is C13H20O4. The molecule has 1 spiro atoms. The minimum absolute atomic E-state index is 0.119. The van der Waals surface area contributed by atoms with Crippen LogP contribution in [0.1, 0.15) is 32.1 Å². The van der Waals surface area contributed by atoms with Crippen LogP contribution in [0.25, 0.3) is 0 Å². The molecule has 3 fully saturated rings. The Kier molecular flexibility index (Phi) is 3.19. The summed E-state index contributed by atoms with van der Waals surface area (Å²) >= 11 is 0. The van der Waals surface area contributed by atoms with Crippen molar-refractivity contribution in [1.82, 2.24) is 0 Å². The molecule has 0 saturated carbocycles. The molecule has 0 bridgehead atoms. The van der Waals surface area contributed by atoms with Gasteiger partial charge >= 0.3 is 0 Å². The molecule has 4 nitrogen and oxygen atoms in total. The van der Waals surface area contributed by atoms with Gasteiger partial charge in [0.1, 0.15) is 6.10 Å². The molecule has 3 rings (SSSR count). The fraction of sp³-hybridized carbons (Fsp3) is 0.923. The van der Waals surface area contributed by atoms with Gasteiger partial charge in [0, 0.05) is 32.2 Å². The first-order valence-corrected chi connectivity index (χ1v) is 6.66. The van der Waals surface area contributed by atoms with Gasteiger partial charge in [-0.1, -0.05) is 0 Å². The van der Waals surface area contributed by atoms with Crippen molar-refractivity contribution in [3.63, 3.8) is 0 Å². The lowest BCUT2D eigenvalue weighted by Crippen LogP contribution is -2.44. The van der Waals surface area contributed by atoms with E-state index in [0.29, 0.717) is 19.0 Å². The Bertz CT molecular complexity index is 290. The molecular weight excluding hydrogens is 220 g/mol. The van der Waals surface area contributed by atoms with Gasteiger partial charge < -0.3 is 14.2 Å². The van der Waals surface area contributed by atoms with Crippen LogP contribution >= 0.6 is 0 Å². The number of carbonyl (C=O) groups is 1. The summed E-state index contributed by atoms with van der Waals surface area (Å²) in [5.41, 5.74) is -0.169. The van der Waals surface area contributed by atoms with E-state index in [1.165, 1.54) is 0 Å². The van der Waals surface area contributed by atoms with Gasteiger partial charge in [-0.2, -0.15) is 0 Å². The van der Waals surface area contributed by atoms with Gasteiger partial charge in [0.2, 0.25) is 0 Å². The zero-order valence-electron chi connectivity index (χ0n) is 10.2. The van der Waals surface area contributed by atoms with E-state index in [0.717, 1.165) is 45.3 Å². The van der Waals surface area contributed by atoms with Crippen LogP contribution in [-0.2, 0) is 19.0 Å². The minimum atomic E-state index is -0.169. The summed E-state index contributed by atoms with van der Waals surface area (Å²) in [6.07, 6.45) is 4.39. The predicted molar refractivity (Wildman–Crippen MR) is 60.8 cm³/mol. The van der Waals surface area contributed by atoms with Crippen LogP contribution in [0, 0.1) is 5.92 Å². The molecule has 0 radical (unpaired) electrons. The lowest BCUT2D eigenvalue weighted by Gasteiger charge is -2.37. The first kappa shape index (κ1) is 11.6. The van der Waals surface area contributed by atoms with Crippen molar-refractivity contribution in [2.45, 2.75) is 43.8 Å². The Hall–Kier alpha value is -0.450. The Labute approximate surface area is 102 Å². The SMILES string of the molecule is O=C(C1CCOC2(CCOC2)C1)C1CCCO1. The number of ether oxygens (including phenoxy) is 3. The summed E-state index contributed by atoms with van der Waals surface area (Å²) in [6, 6.07) is 0. The molecule has 4 heteroatoms. The average Bonchev–Trinajstić information content (AvgIpc) is 3.00. The summed E-state index contributed by atoms with van der Waals surface area (Å²) in [5.74, 6) is 0.422. The summed E-state index contributed by atoms with van der Waals surface area (Å²) < 4.78 is 16.8. The number of rotatable bonds is 2. The fourth-order valence-corrected chi connectivity index (χ4v) is 3.20. The van der Waals surface area contributed by atoms with Gasteiger partial charge in [0.25, 0.3) is 0 Å². The number of hydrogen-bond acceptors (Lipinski definition) is 4. The van der Waals surface area contributed by atoms with Crippen LogP contribution < -0.4 is 0 Å². The van der Waals surface area contributed by atoms with E-state index in [2.05, 4.69) is 0 Å². The van der Waals surface area contributed by atoms with E-state index in [-0.39, 0.29) is 17.6 Å². The van der Waals surface area contributed by atoms with E-state index in [1.807, 2.05) is 0 Å². The molecule has 0 aliphatic carbocycles. The Morgan fingerprint density at radius 1 is 1.18 bits per heavy atom.